The molecule has 0 fully saturated rings. The number of aliphatic hydroxyl groups excluding tert-OH is 1. The lowest BCUT2D eigenvalue weighted by Crippen LogP contribution is -2.47. The second-order valence-electron chi connectivity index (χ2n) is 4.96. The fourth-order valence-electron chi connectivity index (χ4n) is 1.61. The van der Waals surface area contributed by atoms with Gasteiger partial charge in [0.2, 0.25) is 0 Å². The summed E-state index contributed by atoms with van der Waals surface area (Å²) in [5, 5.41) is 12.6. The van der Waals surface area contributed by atoms with Crippen molar-refractivity contribution in [2.45, 2.75) is 59.4 Å². The van der Waals surface area contributed by atoms with Crippen molar-refractivity contribution in [2.75, 3.05) is 13.2 Å². The number of hydrogen-bond donors (Lipinski definition) is 2. The summed E-state index contributed by atoms with van der Waals surface area (Å²) in [5.41, 5.74) is 0.261. The molecule has 86 valence electrons. The molecular weight excluding hydrogens is 174 g/mol. The van der Waals surface area contributed by atoms with Gasteiger partial charge in [-0.05, 0) is 38.5 Å². The fourth-order valence-corrected chi connectivity index (χ4v) is 1.61. The van der Waals surface area contributed by atoms with Crippen LogP contribution >= 0.6 is 0 Å². The summed E-state index contributed by atoms with van der Waals surface area (Å²) in [7, 11) is 0. The second kappa shape index (κ2) is 5.72. The van der Waals surface area contributed by atoms with Gasteiger partial charge in [0.1, 0.15) is 0 Å². The maximum atomic E-state index is 9.15. The quantitative estimate of drug-likeness (QED) is 0.663. The monoisotopic (exact) mass is 201 g/mol. The van der Waals surface area contributed by atoms with Crippen LogP contribution in [-0.2, 0) is 0 Å². The molecule has 0 spiro atoms. The molecule has 0 unspecified atom stereocenters. The van der Waals surface area contributed by atoms with Gasteiger partial charge >= 0.3 is 0 Å². The van der Waals surface area contributed by atoms with Gasteiger partial charge in [-0.25, -0.2) is 0 Å². The van der Waals surface area contributed by atoms with Crippen molar-refractivity contribution >= 4 is 0 Å². The summed E-state index contributed by atoms with van der Waals surface area (Å²) in [5.74, 6) is 0. The van der Waals surface area contributed by atoms with Crippen molar-refractivity contribution in [1.82, 2.24) is 5.32 Å². The Morgan fingerprint density at radius 1 is 1.00 bits per heavy atom. The van der Waals surface area contributed by atoms with Crippen LogP contribution in [-0.4, -0.2) is 23.8 Å². The summed E-state index contributed by atoms with van der Waals surface area (Å²) in [6.45, 7) is 12.0. The molecule has 0 aliphatic carbocycles. The lowest BCUT2D eigenvalue weighted by molar-refractivity contribution is 0.152. The van der Waals surface area contributed by atoms with Crippen molar-refractivity contribution in [3.05, 3.63) is 0 Å². The third-order valence-electron chi connectivity index (χ3n) is 3.59. The first-order chi connectivity index (χ1) is 6.45. The van der Waals surface area contributed by atoms with Crippen molar-refractivity contribution in [1.29, 1.82) is 0 Å². The van der Waals surface area contributed by atoms with E-state index < -0.39 is 0 Å². The van der Waals surface area contributed by atoms with Gasteiger partial charge in [0, 0.05) is 12.1 Å². The molecule has 0 radical (unpaired) electrons. The van der Waals surface area contributed by atoms with Crippen LogP contribution in [0.25, 0.3) is 0 Å². The van der Waals surface area contributed by atoms with E-state index in [1.165, 1.54) is 19.3 Å². The van der Waals surface area contributed by atoms with E-state index in [1.807, 2.05) is 13.8 Å². The zero-order valence-electron chi connectivity index (χ0n) is 10.5. The number of hydrogen-bond acceptors (Lipinski definition) is 2. The van der Waals surface area contributed by atoms with E-state index in [0.717, 1.165) is 6.54 Å². The van der Waals surface area contributed by atoms with E-state index in [-0.39, 0.29) is 12.1 Å². The SMILES string of the molecule is CCC(CC)(CC)CNC(C)(C)CO. The average molecular weight is 201 g/mol. The Bertz CT molecular complexity index is 142. The zero-order chi connectivity index (χ0) is 11.2. The molecular formula is C12H27NO. The highest BCUT2D eigenvalue weighted by Gasteiger charge is 2.26. The van der Waals surface area contributed by atoms with Crippen molar-refractivity contribution in [2.24, 2.45) is 5.41 Å². The highest BCUT2D eigenvalue weighted by molar-refractivity contribution is 4.83. The molecule has 0 aliphatic heterocycles. The first-order valence-electron chi connectivity index (χ1n) is 5.81. The molecule has 14 heavy (non-hydrogen) atoms. The van der Waals surface area contributed by atoms with Crippen molar-refractivity contribution in [3.63, 3.8) is 0 Å². The van der Waals surface area contributed by atoms with Gasteiger partial charge in [-0.1, -0.05) is 20.8 Å². The van der Waals surface area contributed by atoms with Crippen molar-refractivity contribution in [3.8, 4) is 0 Å². The number of aliphatic hydroxyl groups is 1. The van der Waals surface area contributed by atoms with Gasteiger partial charge in [0.05, 0.1) is 6.61 Å². The van der Waals surface area contributed by atoms with Gasteiger partial charge in [-0.15, -0.1) is 0 Å². The average Bonchev–Trinajstić information content (AvgIpc) is 2.21. The summed E-state index contributed by atoms with van der Waals surface area (Å²) in [6.07, 6.45) is 3.61. The van der Waals surface area contributed by atoms with Crippen LogP contribution in [0.5, 0.6) is 0 Å². The van der Waals surface area contributed by atoms with E-state index >= 15 is 0 Å². The Balaban J connectivity index is 4.19. The van der Waals surface area contributed by atoms with Crippen molar-refractivity contribution < 1.29 is 5.11 Å². The van der Waals surface area contributed by atoms with Gasteiger partial charge in [-0.2, -0.15) is 0 Å². The third kappa shape index (κ3) is 3.97. The largest absolute Gasteiger partial charge is 0.394 e. The molecule has 0 rings (SSSR count). The molecule has 0 amide bonds. The lowest BCUT2D eigenvalue weighted by atomic mass is 9.79. The summed E-state index contributed by atoms with van der Waals surface area (Å²) in [6, 6.07) is 0. The van der Waals surface area contributed by atoms with E-state index in [4.69, 9.17) is 5.11 Å². The normalized spacial score (nSPS) is 13.3. The van der Waals surface area contributed by atoms with E-state index in [0.29, 0.717) is 5.41 Å². The molecule has 0 aliphatic rings. The molecule has 0 saturated heterocycles. The standard InChI is InChI=1S/C12H27NO/c1-6-12(7-2,8-3)9-13-11(4,5)10-14/h13-14H,6-10H2,1-5H3. The van der Waals surface area contributed by atoms with Crippen LogP contribution in [0.1, 0.15) is 53.9 Å². The minimum absolute atomic E-state index is 0.148. The van der Waals surface area contributed by atoms with Crippen LogP contribution in [0, 0.1) is 5.41 Å². The molecule has 2 nitrogen and oxygen atoms in total. The zero-order valence-corrected chi connectivity index (χ0v) is 10.5. The molecule has 0 aromatic carbocycles. The van der Waals surface area contributed by atoms with Gasteiger partial charge in [0.25, 0.3) is 0 Å². The lowest BCUT2D eigenvalue weighted by Gasteiger charge is -2.35. The maximum Gasteiger partial charge on any atom is 0.0607 e. The van der Waals surface area contributed by atoms with Crippen LogP contribution in [0.2, 0.25) is 0 Å². The van der Waals surface area contributed by atoms with E-state index in [1.54, 1.807) is 0 Å². The topological polar surface area (TPSA) is 32.3 Å². The number of rotatable bonds is 7. The summed E-state index contributed by atoms with van der Waals surface area (Å²) in [4.78, 5) is 0. The van der Waals surface area contributed by atoms with Crippen LogP contribution in [0.15, 0.2) is 0 Å². The Morgan fingerprint density at radius 2 is 1.43 bits per heavy atom. The molecule has 0 aromatic heterocycles. The Morgan fingerprint density at radius 3 is 1.71 bits per heavy atom. The predicted octanol–water partition coefficient (Wildman–Crippen LogP) is 2.56. The molecule has 2 heteroatoms. The van der Waals surface area contributed by atoms with Gasteiger partial charge in [0.15, 0.2) is 0 Å². The van der Waals surface area contributed by atoms with Crippen LogP contribution < -0.4 is 5.32 Å². The molecule has 0 bridgehead atoms. The first kappa shape index (κ1) is 13.9. The van der Waals surface area contributed by atoms with Gasteiger partial charge < -0.3 is 10.4 Å². The molecule has 0 heterocycles. The van der Waals surface area contributed by atoms with E-state index in [9.17, 15) is 0 Å². The molecule has 0 atom stereocenters. The third-order valence-corrected chi connectivity index (χ3v) is 3.59. The molecule has 0 saturated carbocycles. The predicted molar refractivity (Wildman–Crippen MR) is 62.5 cm³/mol. The Hall–Kier alpha value is -0.0800. The Labute approximate surface area is 89.1 Å². The summed E-state index contributed by atoms with van der Waals surface area (Å²) >= 11 is 0. The maximum absolute atomic E-state index is 9.15. The highest BCUT2D eigenvalue weighted by Crippen LogP contribution is 2.29. The molecule has 2 N–H and O–H groups in total. The van der Waals surface area contributed by atoms with Crippen LogP contribution in [0.4, 0.5) is 0 Å². The van der Waals surface area contributed by atoms with Crippen LogP contribution in [0.3, 0.4) is 0 Å². The van der Waals surface area contributed by atoms with E-state index in [2.05, 4.69) is 26.1 Å². The Kier molecular flexibility index (Phi) is 5.68. The first-order valence-corrected chi connectivity index (χ1v) is 5.81. The highest BCUT2D eigenvalue weighted by atomic mass is 16.3. The molecule has 0 aromatic rings. The second-order valence-corrected chi connectivity index (χ2v) is 4.96. The minimum Gasteiger partial charge on any atom is -0.394 e. The smallest absolute Gasteiger partial charge is 0.0607 e. The van der Waals surface area contributed by atoms with Gasteiger partial charge in [-0.3, -0.25) is 0 Å². The summed E-state index contributed by atoms with van der Waals surface area (Å²) < 4.78 is 0. The fraction of sp³-hybridized carbons (Fsp3) is 1.00. The number of nitrogens with one attached hydrogen (secondary N) is 1. The minimum atomic E-state index is -0.148.